The Labute approximate surface area is 248 Å². The molecule has 4 N–H and O–H groups in total. The number of hydrogen-bond acceptors (Lipinski definition) is 8. The van der Waals surface area contributed by atoms with Crippen molar-refractivity contribution in [3.63, 3.8) is 0 Å². The van der Waals surface area contributed by atoms with E-state index < -0.39 is 34.8 Å². The first-order chi connectivity index (χ1) is 20.1. The maximum Gasteiger partial charge on any atom is 0.352 e. The van der Waals surface area contributed by atoms with Gasteiger partial charge in [0, 0.05) is 43.7 Å². The second kappa shape index (κ2) is 9.97. The fourth-order valence-corrected chi connectivity index (χ4v) is 8.81. The number of carbonyl (C=O) groups is 3. The topological polar surface area (TPSA) is 149 Å². The average Bonchev–Trinajstić information content (AvgIpc) is 3.71. The lowest BCUT2D eigenvalue weighted by Crippen LogP contribution is -2.68. The number of anilines is 1. The number of amides is 1. The summed E-state index contributed by atoms with van der Waals surface area (Å²) in [5.74, 6) is -2.93. The standard InChI is InChI=1S/C28H29ClFN5O6S/c29-19-22-15(24(36)16(27(38)39)9-34(22)14-3-4-14)6-17(30)23(19)33-7-12-2-1-5-32(18(12)10-33)8-13-11-42-26-20(31)25(37)35(26)21(13)28(40)41/h6,9,12,14,18,20,26H,1-5,7-8,10-11,31H2,(H,38,39)(H,40,41). The maximum atomic E-state index is 15.8. The van der Waals surface area contributed by atoms with E-state index in [-0.39, 0.29) is 51.1 Å². The van der Waals surface area contributed by atoms with E-state index in [2.05, 4.69) is 4.90 Å². The minimum atomic E-state index is -1.37. The summed E-state index contributed by atoms with van der Waals surface area (Å²) in [6, 6.07) is 0.418. The number of nitrogens with zero attached hydrogens (tertiary/aromatic N) is 4. The molecule has 4 atom stereocenters. The van der Waals surface area contributed by atoms with Crippen LogP contribution in [0.5, 0.6) is 0 Å². The van der Waals surface area contributed by atoms with Crippen molar-refractivity contribution in [3.8, 4) is 0 Å². The van der Waals surface area contributed by atoms with E-state index in [1.54, 1.807) is 4.57 Å². The maximum absolute atomic E-state index is 15.8. The van der Waals surface area contributed by atoms with Crippen LogP contribution in [0.1, 0.15) is 42.1 Å². The zero-order valence-electron chi connectivity index (χ0n) is 22.5. The number of likely N-dealkylation sites (tertiary alicyclic amines) is 1. The van der Waals surface area contributed by atoms with Crippen molar-refractivity contribution < 1.29 is 29.0 Å². The third kappa shape index (κ3) is 4.15. The number of halogens is 2. The summed E-state index contributed by atoms with van der Waals surface area (Å²) in [7, 11) is 0. The lowest BCUT2D eigenvalue weighted by Gasteiger charge is -2.48. The van der Waals surface area contributed by atoms with Gasteiger partial charge >= 0.3 is 11.9 Å². The normalized spacial score (nSPS) is 27.7. The highest BCUT2D eigenvalue weighted by atomic mass is 35.5. The largest absolute Gasteiger partial charge is 0.477 e. The van der Waals surface area contributed by atoms with E-state index in [0.29, 0.717) is 36.5 Å². The summed E-state index contributed by atoms with van der Waals surface area (Å²) in [4.78, 5) is 54.8. The van der Waals surface area contributed by atoms with Crippen LogP contribution in [0.2, 0.25) is 5.02 Å². The molecule has 3 saturated heterocycles. The number of thioether (sulfide) groups is 1. The van der Waals surface area contributed by atoms with E-state index >= 15 is 4.39 Å². The Bertz CT molecular complexity index is 1660. The fraction of sp³-hybridized carbons (Fsp3) is 0.500. The first-order valence-corrected chi connectivity index (χ1v) is 15.4. The van der Waals surface area contributed by atoms with Crippen molar-refractivity contribution in [2.45, 2.75) is 49.2 Å². The molecule has 0 spiro atoms. The molecule has 2 aromatic rings. The molecule has 0 bridgehead atoms. The summed E-state index contributed by atoms with van der Waals surface area (Å²) in [6.07, 6.45) is 4.75. The molecule has 4 unspecified atom stereocenters. The highest BCUT2D eigenvalue weighted by Crippen LogP contribution is 2.45. The van der Waals surface area contributed by atoms with Crippen LogP contribution in [0.4, 0.5) is 10.1 Å². The highest BCUT2D eigenvalue weighted by Gasteiger charge is 2.52. The number of hydrogen-bond donors (Lipinski definition) is 3. The number of benzene rings is 1. The molecule has 14 heteroatoms. The Morgan fingerprint density at radius 1 is 1.14 bits per heavy atom. The molecule has 0 radical (unpaired) electrons. The minimum absolute atomic E-state index is 0.00355. The molecule has 5 heterocycles. The highest BCUT2D eigenvalue weighted by molar-refractivity contribution is 8.00. The molecule has 1 saturated carbocycles. The first-order valence-electron chi connectivity index (χ1n) is 14.0. The molecule has 1 amide bonds. The summed E-state index contributed by atoms with van der Waals surface area (Å²) in [5, 5.41) is 19.2. The molecule has 1 aromatic carbocycles. The number of carbonyl (C=O) groups excluding carboxylic acids is 1. The zero-order valence-corrected chi connectivity index (χ0v) is 24.0. The van der Waals surface area contributed by atoms with Gasteiger partial charge < -0.3 is 25.4 Å². The number of piperidine rings is 1. The Morgan fingerprint density at radius 3 is 2.60 bits per heavy atom. The Balaban J connectivity index is 1.22. The van der Waals surface area contributed by atoms with Crippen LogP contribution < -0.4 is 16.1 Å². The molecular formula is C28H29ClFN5O6S. The Hall–Kier alpha value is -3.13. The van der Waals surface area contributed by atoms with Crippen molar-refractivity contribution >= 4 is 57.8 Å². The summed E-state index contributed by atoms with van der Waals surface area (Å²) in [6.45, 7) is 2.10. The first kappa shape index (κ1) is 27.7. The molecule has 11 nitrogen and oxygen atoms in total. The Kier molecular flexibility index (Phi) is 6.57. The van der Waals surface area contributed by atoms with Gasteiger partial charge in [-0.25, -0.2) is 14.0 Å². The smallest absolute Gasteiger partial charge is 0.352 e. The minimum Gasteiger partial charge on any atom is -0.477 e. The second-order valence-electron chi connectivity index (χ2n) is 11.8. The number of aromatic nitrogens is 1. The van der Waals surface area contributed by atoms with Gasteiger partial charge in [-0.05, 0) is 49.8 Å². The van der Waals surface area contributed by atoms with Gasteiger partial charge in [-0.2, -0.15) is 0 Å². The lowest BCUT2D eigenvalue weighted by molar-refractivity contribution is -0.148. The van der Waals surface area contributed by atoms with Gasteiger partial charge in [0.25, 0.3) is 0 Å². The monoisotopic (exact) mass is 617 g/mol. The van der Waals surface area contributed by atoms with Crippen LogP contribution in [0.15, 0.2) is 28.3 Å². The van der Waals surface area contributed by atoms with Crippen molar-refractivity contribution in [2.24, 2.45) is 11.7 Å². The number of nitrogens with two attached hydrogens (primary N) is 1. The van der Waals surface area contributed by atoms with Crippen molar-refractivity contribution in [2.75, 3.05) is 36.8 Å². The lowest BCUT2D eigenvalue weighted by atomic mass is 9.91. The number of pyridine rings is 1. The van der Waals surface area contributed by atoms with Crippen LogP contribution in [0, 0.1) is 11.7 Å². The van der Waals surface area contributed by atoms with Crippen LogP contribution in [-0.2, 0) is 9.59 Å². The summed E-state index contributed by atoms with van der Waals surface area (Å²) in [5.41, 5.74) is 5.94. The molecule has 42 heavy (non-hydrogen) atoms. The number of rotatable bonds is 6. The predicted molar refractivity (Wildman–Crippen MR) is 154 cm³/mol. The van der Waals surface area contributed by atoms with Crippen LogP contribution >= 0.6 is 23.4 Å². The number of carboxylic acid groups (broad SMARTS) is 2. The van der Waals surface area contributed by atoms with Crippen molar-refractivity contribution in [1.29, 1.82) is 0 Å². The van der Waals surface area contributed by atoms with Gasteiger partial charge in [0.2, 0.25) is 11.3 Å². The van der Waals surface area contributed by atoms with E-state index in [0.717, 1.165) is 38.3 Å². The molecule has 222 valence electrons. The van der Waals surface area contributed by atoms with Gasteiger partial charge in [0.15, 0.2) is 0 Å². The number of aromatic carboxylic acids is 1. The second-order valence-corrected chi connectivity index (χ2v) is 13.3. The van der Waals surface area contributed by atoms with Gasteiger partial charge in [0.1, 0.15) is 28.5 Å². The predicted octanol–water partition coefficient (Wildman–Crippen LogP) is 2.31. The molecule has 1 aliphatic carbocycles. The zero-order chi connectivity index (χ0) is 29.6. The van der Waals surface area contributed by atoms with Gasteiger partial charge in [-0.3, -0.25) is 19.4 Å². The molecule has 7 rings (SSSR count). The number of carboxylic acids is 2. The van der Waals surface area contributed by atoms with Gasteiger partial charge in [-0.15, -0.1) is 11.8 Å². The number of β-lactam (4-membered cyclic amide) rings is 1. The summed E-state index contributed by atoms with van der Waals surface area (Å²) >= 11 is 8.36. The van der Waals surface area contributed by atoms with Crippen molar-refractivity contribution in [1.82, 2.24) is 14.4 Å². The fourth-order valence-electron chi connectivity index (χ4n) is 7.11. The van der Waals surface area contributed by atoms with Crippen LogP contribution in [-0.4, -0.2) is 91.8 Å². The van der Waals surface area contributed by atoms with Gasteiger partial charge in [0.05, 0.1) is 21.6 Å². The van der Waals surface area contributed by atoms with E-state index in [4.69, 9.17) is 17.3 Å². The third-order valence-electron chi connectivity index (χ3n) is 9.25. The van der Waals surface area contributed by atoms with E-state index in [9.17, 15) is 29.4 Å². The van der Waals surface area contributed by atoms with Crippen molar-refractivity contribution in [3.05, 3.63) is 50.2 Å². The van der Waals surface area contributed by atoms with E-state index in [1.807, 2.05) is 4.90 Å². The molecule has 4 fully saturated rings. The summed E-state index contributed by atoms with van der Waals surface area (Å²) < 4.78 is 17.5. The molecule has 5 aliphatic rings. The quantitative estimate of drug-likeness (QED) is 0.412. The third-order valence-corrected chi connectivity index (χ3v) is 11.0. The van der Waals surface area contributed by atoms with Crippen LogP contribution in [0.25, 0.3) is 10.9 Å². The SMILES string of the molecule is NC1C(=O)N2C(C(=O)O)=C(CN3CCCC4CN(c5c(F)cc6c(=O)c(C(=O)O)cn(C7CC7)c6c5Cl)CC43)CSC12. The Morgan fingerprint density at radius 2 is 1.90 bits per heavy atom. The molecule has 1 aromatic heterocycles. The van der Waals surface area contributed by atoms with Crippen LogP contribution in [0.3, 0.4) is 0 Å². The number of aliphatic carboxylic acids is 1. The van der Waals surface area contributed by atoms with Gasteiger partial charge in [-0.1, -0.05) is 11.6 Å². The molecule has 4 aliphatic heterocycles. The average molecular weight is 618 g/mol. The van der Waals surface area contributed by atoms with E-state index in [1.165, 1.54) is 22.9 Å². The number of fused-ring (bicyclic) bond motifs is 3. The molecular weight excluding hydrogens is 589 g/mol.